The second kappa shape index (κ2) is 109. The van der Waals surface area contributed by atoms with Crippen LogP contribution in [0.25, 0.3) is 0 Å². The summed E-state index contributed by atoms with van der Waals surface area (Å²) in [5, 5.41) is 0. The van der Waals surface area contributed by atoms with Gasteiger partial charge in [0.05, 0.1) is 47.7 Å². The molecule has 0 amide bonds. The van der Waals surface area contributed by atoms with Crippen molar-refractivity contribution in [2.45, 2.75) is 7.43 Å². The van der Waals surface area contributed by atoms with Crippen LogP contribution in [-0.4, -0.2) is 76.7 Å². The molecule has 0 aromatic carbocycles. The van der Waals surface area contributed by atoms with Crippen LogP contribution in [0.2, 0.25) is 0 Å². The zero-order valence-corrected chi connectivity index (χ0v) is 24.0. The van der Waals surface area contributed by atoms with Gasteiger partial charge in [-0.3, -0.25) is 0 Å². The molecule has 0 bridgehead atoms. The van der Waals surface area contributed by atoms with E-state index in [1.54, 1.807) is 0 Å². The highest BCUT2D eigenvalue weighted by Gasteiger charge is 2.01. The molecular formula is CH39N5O14P10. The van der Waals surface area contributed by atoms with E-state index in [9.17, 15) is 0 Å². The fraction of sp³-hybridized carbons (Fsp3) is 1.00. The van der Waals surface area contributed by atoms with E-state index in [4.69, 9.17) is 0 Å². The van der Waals surface area contributed by atoms with Crippen molar-refractivity contribution in [1.82, 2.24) is 0 Å². The lowest BCUT2D eigenvalue weighted by molar-refractivity contribution is 0.823. The molecule has 0 spiro atoms. The van der Waals surface area contributed by atoms with Crippen LogP contribution in [0.3, 0.4) is 0 Å². The molecule has 30 heavy (non-hydrogen) atoms. The van der Waals surface area contributed by atoms with Gasteiger partial charge in [-0.2, -0.15) is 4.52 Å². The van der Waals surface area contributed by atoms with Gasteiger partial charge in [0.1, 0.15) is 0 Å². The van der Waals surface area contributed by atoms with Gasteiger partial charge in [0, 0.05) is 0 Å². The Hall–Kier alpha value is 2.09. The lowest BCUT2D eigenvalue weighted by atomic mass is 12.0. The van der Waals surface area contributed by atoms with E-state index in [2.05, 4.69) is 50.7 Å². The van der Waals surface area contributed by atoms with Crippen molar-refractivity contribution >= 4 is 84.3 Å². The molecule has 4 atom stereocenters. The minimum Gasteiger partial charge on any atom is -0.412 e. The third-order valence-corrected chi connectivity index (χ3v) is 14.6. The van der Waals surface area contributed by atoms with Crippen LogP contribution < -0.4 is 0 Å². The molecule has 28 N–H and O–H groups in total. The van der Waals surface area contributed by atoms with E-state index in [-0.39, 0.29) is 91.1 Å². The molecule has 4 unspecified atom stereocenters. The molecule has 202 valence electrons. The molecule has 0 heterocycles. The first-order chi connectivity index (χ1) is 7.35. The topological polar surface area (TPSA) is 503 Å². The van der Waals surface area contributed by atoms with Crippen LogP contribution in [0.15, 0.2) is 22.6 Å². The highest BCUT2D eigenvalue weighted by molar-refractivity contribution is 8.71. The molecule has 19 nitrogen and oxygen atoms in total. The SMILES string of the molecule is C.O.O.O.O.O.O.O.O.O.O.O.O.O.O.PN=PP=NP=NPP(P=NP)P=NP. The van der Waals surface area contributed by atoms with E-state index in [0.717, 1.165) is 40.8 Å². The van der Waals surface area contributed by atoms with E-state index in [1.165, 1.54) is 0 Å². The molecule has 0 saturated heterocycles. The quantitative estimate of drug-likeness (QED) is 0.255. The Labute approximate surface area is 191 Å². The second-order valence-electron chi connectivity index (χ2n) is 1.37. The summed E-state index contributed by atoms with van der Waals surface area (Å²) < 4.78 is 20.3. The average molecular weight is 655 g/mol. The van der Waals surface area contributed by atoms with Gasteiger partial charge < -0.3 is 76.7 Å². The molecule has 0 rings (SSSR count). The van der Waals surface area contributed by atoms with E-state index >= 15 is 0 Å². The van der Waals surface area contributed by atoms with Crippen LogP contribution in [0.1, 0.15) is 7.43 Å². The summed E-state index contributed by atoms with van der Waals surface area (Å²) in [6.45, 7) is -0.255. The molecule has 0 aliphatic rings. The maximum Gasteiger partial charge on any atom is 0.157 e. The third kappa shape index (κ3) is 98.4. The summed E-state index contributed by atoms with van der Waals surface area (Å²) >= 11 is 0. The van der Waals surface area contributed by atoms with Gasteiger partial charge in [-0.25, -0.2) is 18.1 Å². The lowest BCUT2D eigenvalue weighted by Gasteiger charge is -1.95. The zero-order chi connectivity index (χ0) is 11.4. The average Bonchev–Trinajstić information content (AvgIpc) is 2.24. The fourth-order valence-electron chi connectivity index (χ4n) is 0.295. The molecule has 29 heteroatoms. The first-order valence-electron chi connectivity index (χ1n) is 3.02. The Bertz CT molecular complexity index is 299. The van der Waals surface area contributed by atoms with Crippen LogP contribution in [0.5, 0.6) is 0 Å². The minimum absolute atomic E-state index is 0. The van der Waals surface area contributed by atoms with Gasteiger partial charge in [-0.05, 0) is 28.2 Å². The van der Waals surface area contributed by atoms with Crippen LogP contribution >= 0.6 is 84.3 Å². The lowest BCUT2D eigenvalue weighted by Crippen LogP contribution is -1.26. The molecule has 0 radical (unpaired) electrons. The van der Waals surface area contributed by atoms with Gasteiger partial charge in [0.15, 0.2) is 8.52 Å². The van der Waals surface area contributed by atoms with Gasteiger partial charge in [-0.1, -0.05) is 7.43 Å². The predicted molar refractivity (Wildman–Crippen MR) is 148 cm³/mol. The number of hydrogen-bond acceptors (Lipinski definition) is 4. The van der Waals surface area contributed by atoms with Crippen LogP contribution in [0, 0.1) is 0 Å². The first-order valence-corrected chi connectivity index (χ1v) is 14.0. The van der Waals surface area contributed by atoms with Crippen molar-refractivity contribution in [2.75, 3.05) is 0 Å². The van der Waals surface area contributed by atoms with Crippen LogP contribution in [-0.2, 0) is 0 Å². The standard InChI is InChI=1S/CH4.H7N5P10.14H2O/c;6-1-10-11-4-9-5-14-15(12-2-7)13-3-8;;;;;;;;;;;;;;/h1H4;14H,6-8H2;14*1H2. The predicted octanol–water partition coefficient (Wildman–Crippen LogP) is -3.25. The van der Waals surface area contributed by atoms with Crippen molar-refractivity contribution in [2.24, 2.45) is 22.6 Å². The van der Waals surface area contributed by atoms with Crippen molar-refractivity contribution < 1.29 is 76.7 Å². The summed E-state index contributed by atoms with van der Waals surface area (Å²) in [6, 6.07) is 0. The third-order valence-electron chi connectivity index (χ3n) is 0.623. The summed E-state index contributed by atoms with van der Waals surface area (Å²) in [4.78, 5) is 0. The van der Waals surface area contributed by atoms with E-state index in [0.29, 0.717) is 8.42 Å². The Balaban J connectivity index is -0.00000000933. The van der Waals surface area contributed by atoms with Gasteiger partial charge in [0.2, 0.25) is 0 Å². The smallest absolute Gasteiger partial charge is 0.157 e. The maximum absolute atomic E-state index is 4.33. The highest BCUT2D eigenvalue weighted by atomic mass is 32.7. The molecule has 0 saturated carbocycles. The largest absolute Gasteiger partial charge is 0.412 e. The molecular weight excluding hydrogens is 616 g/mol. The summed E-state index contributed by atoms with van der Waals surface area (Å²) in [5.41, 5.74) is 0. The minimum atomic E-state index is -0.255. The zero-order valence-electron chi connectivity index (χ0n) is 14.2. The second-order valence-corrected chi connectivity index (χ2v) is 17.0. The first kappa shape index (κ1) is 120. The summed E-state index contributed by atoms with van der Waals surface area (Å²) in [6.07, 6.45) is 0. The molecule has 0 fully saturated rings. The molecule has 0 aliphatic heterocycles. The maximum atomic E-state index is 4.33. The Morgan fingerprint density at radius 2 is 0.867 bits per heavy atom. The van der Waals surface area contributed by atoms with Gasteiger partial charge in [-0.15, -0.1) is 0 Å². The Morgan fingerprint density at radius 1 is 0.533 bits per heavy atom. The number of nitrogens with zero attached hydrogens (tertiary/aromatic N) is 5. The summed E-state index contributed by atoms with van der Waals surface area (Å²) in [5.74, 6) is 0. The van der Waals surface area contributed by atoms with Crippen molar-refractivity contribution in [3.8, 4) is 0 Å². The van der Waals surface area contributed by atoms with E-state index < -0.39 is 0 Å². The normalized spacial score (nSPS) is 8.23. The van der Waals surface area contributed by atoms with Crippen molar-refractivity contribution in [1.29, 1.82) is 0 Å². The molecule has 0 aliphatic carbocycles. The number of rotatable bonds is 6. The molecule has 0 aromatic rings. The van der Waals surface area contributed by atoms with Crippen molar-refractivity contribution in [3.63, 3.8) is 0 Å². The van der Waals surface area contributed by atoms with Gasteiger partial charge >= 0.3 is 0 Å². The van der Waals surface area contributed by atoms with Gasteiger partial charge in [0.25, 0.3) is 0 Å². The highest BCUT2D eigenvalue weighted by Crippen LogP contribution is 2.76. The van der Waals surface area contributed by atoms with E-state index in [1.807, 2.05) is 0 Å². The Morgan fingerprint density at radius 3 is 1.13 bits per heavy atom. The van der Waals surface area contributed by atoms with Crippen LogP contribution in [0.4, 0.5) is 0 Å². The monoisotopic (exact) mass is 655 g/mol. The van der Waals surface area contributed by atoms with Crippen molar-refractivity contribution in [3.05, 3.63) is 0 Å². The fourth-order valence-corrected chi connectivity index (χ4v) is 15.4. The molecule has 0 aromatic heterocycles. The summed E-state index contributed by atoms with van der Waals surface area (Å²) in [7, 11) is 12.4. The number of hydrogen-bond donors (Lipinski definition) is 0. The Kier molecular flexibility index (Phi) is 434.